The van der Waals surface area contributed by atoms with Gasteiger partial charge in [0.2, 0.25) is 0 Å². The Morgan fingerprint density at radius 2 is 2.11 bits per heavy atom. The summed E-state index contributed by atoms with van der Waals surface area (Å²) in [5, 5.41) is 10.6. The smallest absolute Gasteiger partial charge is 0.181 e. The van der Waals surface area contributed by atoms with Crippen LogP contribution in [0.2, 0.25) is 0 Å². The molecule has 47 valence electrons. The molecular weight excluding hydrogens is 119 g/mol. The molecule has 9 heavy (non-hydrogen) atoms. The minimum absolute atomic E-state index is 0.114. The summed E-state index contributed by atoms with van der Waals surface area (Å²) < 4.78 is 12.2. The lowest BCUT2D eigenvalue weighted by Gasteiger charge is -1.91. The Labute approximate surface area is 52.8 Å². The molecule has 0 atom stereocenters. The zero-order valence-electron chi connectivity index (χ0n) is 5.02. The first-order valence-corrected chi connectivity index (χ1v) is 2.63. The molecule has 0 aliphatic rings. The van der Waals surface area contributed by atoms with Gasteiger partial charge in [0.15, 0.2) is 5.75 Å². The molecule has 0 saturated heterocycles. The summed E-state index contributed by atoms with van der Waals surface area (Å²) in [5.74, 6) is -0.469. The second-order valence-corrected chi connectivity index (χ2v) is 1.91. The Hall–Kier alpha value is -1.05. The molecule has 0 saturated carbocycles. The lowest BCUT2D eigenvalue weighted by molar-refractivity contribution is 0.351. The third-order valence-electron chi connectivity index (χ3n) is 1.14. The Kier molecular flexibility index (Phi) is 1.39. The number of halogens is 1. The summed E-state index contributed by atoms with van der Waals surface area (Å²) in [6, 6.07) is 3.61. The third kappa shape index (κ3) is 1.19. The minimum Gasteiger partial charge on any atom is -0.290 e. The van der Waals surface area contributed by atoms with Gasteiger partial charge in [-0.25, -0.2) is 4.39 Å². The number of hydrogen-bond acceptors (Lipinski definition) is 0. The van der Waals surface area contributed by atoms with Gasteiger partial charge in [-0.3, -0.25) is 5.11 Å². The lowest BCUT2D eigenvalue weighted by Crippen LogP contribution is -1.75. The van der Waals surface area contributed by atoms with Crippen LogP contribution in [0.15, 0.2) is 18.2 Å². The molecule has 0 amide bonds. The van der Waals surface area contributed by atoms with Crippen LogP contribution in [-0.2, 0) is 5.11 Å². The van der Waals surface area contributed by atoms with Crippen molar-refractivity contribution in [2.24, 2.45) is 0 Å². The molecule has 0 aromatic heterocycles. The van der Waals surface area contributed by atoms with E-state index in [0.29, 0.717) is 5.56 Å². The maximum Gasteiger partial charge on any atom is 0.181 e. The van der Waals surface area contributed by atoms with Gasteiger partial charge in [-0.2, -0.15) is 0 Å². The van der Waals surface area contributed by atoms with Crippen molar-refractivity contribution in [3.05, 3.63) is 29.6 Å². The molecule has 1 nitrogen and oxygen atoms in total. The van der Waals surface area contributed by atoms with E-state index in [1.54, 1.807) is 6.92 Å². The highest BCUT2D eigenvalue weighted by Gasteiger charge is 1.96. The van der Waals surface area contributed by atoms with Crippen LogP contribution in [0.5, 0.6) is 5.75 Å². The van der Waals surface area contributed by atoms with Crippen molar-refractivity contribution in [3.8, 4) is 5.75 Å². The van der Waals surface area contributed by atoms with Gasteiger partial charge in [-0.05, 0) is 30.7 Å². The van der Waals surface area contributed by atoms with Gasteiger partial charge < -0.3 is 0 Å². The van der Waals surface area contributed by atoms with E-state index in [9.17, 15) is 9.50 Å². The van der Waals surface area contributed by atoms with Gasteiger partial charge in [0.1, 0.15) is 5.82 Å². The van der Waals surface area contributed by atoms with E-state index in [2.05, 4.69) is 0 Å². The van der Waals surface area contributed by atoms with Crippen molar-refractivity contribution in [2.45, 2.75) is 6.92 Å². The fourth-order valence-electron chi connectivity index (χ4n) is 0.613. The fraction of sp³-hybridized carbons (Fsp3) is 0.143. The average molecular weight is 125 g/mol. The Morgan fingerprint density at radius 1 is 1.44 bits per heavy atom. The van der Waals surface area contributed by atoms with Gasteiger partial charge in [0.05, 0.1) is 0 Å². The summed E-state index contributed by atoms with van der Waals surface area (Å²) in [4.78, 5) is 0. The second-order valence-electron chi connectivity index (χ2n) is 1.91. The first-order valence-electron chi connectivity index (χ1n) is 2.63. The van der Waals surface area contributed by atoms with E-state index in [1.165, 1.54) is 12.1 Å². The van der Waals surface area contributed by atoms with Crippen LogP contribution in [0.4, 0.5) is 4.39 Å². The molecule has 0 unspecified atom stereocenters. The van der Waals surface area contributed by atoms with Crippen LogP contribution in [0.3, 0.4) is 0 Å². The Balaban J connectivity index is 3.17. The molecule has 0 heterocycles. The standard InChI is InChI=1S/C7H6FO/c1-5-4-6(8)2-3-7(5)9/h2-4H,1H3. The number of hydrogen-bond donors (Lipinski definition) is 0. The molecular formula is C7H6FO. The maximum absolute atomic E-state index is 12.2. The Morgan fingerprint density at radius 3 is 2.56 bits per heavy atom. The predicted molar refractivity (Wildman–Crippen MR) is 31.3 cm³/mol. The minimum atomic E-state index is -0.355. The molecule has 1 radical (unpaired) electrons. The highest BCUT2D eigenvalue weighted by Crippen LogP contribution is 2.16. The van der Waals surface area contributed by atoms with E-state index in [1.807, 2.05) is 0 Å². The van der Waals surface area contributed by atoms with Crippen LogP contribution >= 0.6 is 0 Å². The van der Waals surface area contributed by atoms with Crippen LogP contribution in [0, 0.1) is 12.7 Å². The zero-order chi connectivity index (χ0) is 6.85. The highest BCUT2D eigenvalue weighted by molar-refractivity contribution is 5.30. The van der Waals surface area contributed by atoms with Crippen LogP contribution in [-0.4, -0.2) is 0 Å². The molecule has 1 aromatic carbocycles. The molecule has 1 aromatic rings. The lowest BCUT2D eigenvalue weighted by atomic mass is 10.2. The summed E-state index contributed by atoms with van der Waals surface area (Å²) in [6.45, 7) is 1.59. The summed E-state index contributed by atoms with van der Waals surface area (Å²) in [7, 11) is 0. The van der Waals surface area contributed by atoms with Crippen LogP contribution in [0.25, 0.3) is 0 Å². The largest absolute Gasteiger partial charge is 0.290 e. The van der Waals surface area contributed by atoms with Crippen molar-refractivity contribution in [1.29, 1.82) is 0 Å². The predicted octanol–water partition coefficient (Wildman–Crippen LogP) is 2.28. The van der Waals surface area contributed by atoms with E-state index in [-0.39, 0.29) is 11.6 Å². The van der Waals surface area contributed by atoms with Crippen LogP contribution in [0.1, 0.15) is 5.56 Å². The number of benzene rings is 1. The van der Waals surface area contributed by atoms with Gasteiger partial charge in [-0.1, -0.05) is 0 Å². The summed E-state index contributed by atoms with van der Waals surface area (Å²) in [6.07, 6.45) is 0. The molecule has 0 bridgehead atoms. The molecule has 0 aliphatic heterocycles. The molecule has 1 rings (SSSR count). The number of aryl methyl sites for hydroxylation is 1. The zero-order valence-corrected chi connectivity index (χ0v) is 5.02. The van der Waals surface area contributed by atoms with Gasteiger partial charge in [0, 0.05) is 0 Å². The van der Waals surface area contributed by atoms with Gasteiger partial charge >= 0.3 is 0 Å². The molecule has 2 heteroatoms. The van der Waals surface area contributed by atoms with E-state index < -0.39 is 0 Å². The van der Waals surface area contributed by atoms with Crippen molar-refractivity contribution >= 4 is 0 Å². The van der Waals surface area contributed by atoms with Crippen molar-refractivity contribution in [3.63, 3.8) is 0 Å². The number of rotatable bonds is 0. The average Bonchev–Trinajstić information content (AvgIpc) is 1.80. The first-order chi connectivity index (χ1) is 4.20. The van der Waals surface area contributed by atoms with E-state index >= 15 is 0 Å². The second kappa shape index (κ2) is 2.05. The maximum atomic E-state index is 12.2. The van der Waals surface area contributed by atoms with Crippen molar-refractivity contribution < 1.29 is 9.50 Å². The quantitative estimate of drug-likeness (QED) is 0.507. The Bertz CT molecular complexity index is 220. The van der Waals surface area contributed by atoms with Crippen molar-refractivity contribution in [1.82, 2.24) is 0 Å². The monoisotopic (exact) mass is 125 g/mol. The summed E-state index contributed by atoms with van der Waals surface area (Å²) >= 11 is 0. The first kappa shape index (κ1) is 6.08. The molecule has 0 N–H and O–H groups in total. The molecule has 0 spiro atoms. The topological polar surface area (TPSA) is 19.9 Å². The SMILES string of the molecule is Cc1cc(F)ccc1[O]. The molecule has 0 fully saturated rings. The third-order valence-corrected chi connectivity index (χ3v) is 1.14. The van der Waals surface area contributed by atoms with Crippen molar-refractivity contribution in [2.75, 3.05) is 0 Å². The van der Waals surface area contributed by atoms with Crippen LogP contribution < -0.4 is 0 Å². The molecule has 0 aliphatic carbocycles. The van der Waals surface area contributed by atoms with E-state index in [0.717, 1.165) is 6.07 Å². The summed E-state index contributed by atoms with van der Waals surface area (Å²) in [5.41, 5.74) is 0.454. The van der Waals surface area contributed by atoms with E-state index in [4.69, 9.17) is 0 Å². The normalized spacial score (nSPS) is 9.56. The van der Waals surface area contributed by atoms with Gasteiger partial charge in [0.25, 0.3) is 0 Å². The fourth-order valence-corrected chi connectivity index (χ4v) is 0.613. The highest BCUT2D eigenvalue weighted by atomic mass is 19.1. The van der Waals surface area contributed by atoms with Gasteiger partial charge in [-0.15, -0.1) is 0 Å².